The number of nitrogens with zero attached hydrogens (tertiary/aromatic N) is 4. The van der Waals surface area contributed by atoms with Gasteiger partial charge in [-0.2, -0.15) is 0 Å². The van der Waals surface area contributed by atoms with Gasteiger partial charge in [-0.3, -0.25) is 0 Å². The van der Waals surface area contributed by atoms with Crippen LogP contribution in [0.4, 0.5) is 11.6 Å². The van der Waals surface area contributed by atoms with E-state index < -0.39 is 0 Å². The van der Waals surface area contributed by atoms with Crippen LogP contribution in [0.15, 0.2) is 12.4 Å². The monoisotopic (exact) mass is 250 g/mol. The maximum atomic E-state index is 8.85. The Labute approximate surface area is 108 Å². The summed E-state index contributed by atoms with van der Waals surface area (Å²) in [6.07, 6.45) is 6.22. The van der Waals surface area contributed by atoms with Crippen LogP contribution in [0.2, 0.25) is 0 Å². The van der Waals surface area contributed by atoms with Crippen molar-refractivity contribution in [3.63, 3.8) is 0 Å². The topological polar surface area (TPSA) is 52.5 Å². The van der Waals surface area contributed by atoms with Crippen molar-refractivity contribution in [3.8, 4) is 0 Å². The highest BCUT2D eigenvalue weighted by molar-refractivity contribution is 5.50. The lowest BCUT2D eigenvalue weighted by atomic mass is 9.92. The van der Waals surface area contributed by atoms with Crippen molar-refractivity contribution < 1.29 is 5.11 Å². The number of hydrogen-bond acceptors (Lipinski definition) is 5. The van der Waals surface area contributed by atoms with E-state index in [1.807, 2.05) is 13.1 Å². The molecular weight excluding hydrogens is 228 g/mol. The van der Waals surface area contributed by atoms with Crippen molar-refractivity contribution in [2.45, 2.75) is 31.7 Å². The van der Waals surface area contributed by atoms with Crippen LogP contribution >= 0.6 is 0 Å². The van der Waals surface area contributed by atoms with Crippen molar-refractivity contribution in [2.24, 2.45) is 0 Å². The van der Waals surface area contributed by atoms with Gasteiger partial charge < -0.3 is 14.9 Å². The summed E-state index contributed by atoms with van der Waals surface area (Å²) >= 11 is 0. The fraction of sp³-hybridized carbons (Fsp3) is 0.692. The van der Waals surface area contributed by atoms with Gasteiger partial charge in [0, 0.05) is 39.4 Å². The molecule has 0 bridgehead atoms. The maximum Gasteiger partial charge on any atom is 0.134 e. The van der Waals surface area contributed by atoms with E-state index in [0.717, 1.165) is 24.6 Å². The third kappa shape index (κ3) is 2.90. The molecule has 0 amide bonds. The molecule has 0 aromatic carbocycles. The van der Waals surface area contributed by atoms with Gasteiger partial charge in [0.2, 0.25) is 0 Å². The quantitative estimate of drug-likeness (QED) is 0.824. The minimum atomic E-state index is 0.213. The maximum absolute atomic E-state index is 8.85. The molecule has 5 heteroatoms. The largest absolute Gasteiger partial charge is 0.396 e. The average Bonchev–Trinajstić information content (AvgIpc) is 2.34. The van der Waals surface area contributed by atoms with E-state index in [0.29, 0.717) is 6.04 Å². The second-order valence-electron chi connectivity index (χ2n) is 4.93. The normalized spacial score (nSPS) is 15.3. The zero-order valence-electron chi connectivity index (χ0n) is 11.2. The molecule has 5 nitrogen and oxygen atoms in total. The van der Waals surface area contributed by atoms with Crippen molar-refractivity contribution in [3.05, 3.63) is 12.4 Å². The van der Waals surface area contributed by atoms with Crippen molar-refractivity contribution in [1.82, 2.24) is 9.97 Å². The highest BCUT2D eigenvalue weighted by Gasteiger charge is 2.23. The summed E-state index contributed by atoms with van der Waals surface area (Å²) in [4.78, 5) is 12.9. The minimum absolute atomic E-state index is 0.213. The van der Waals surface area contributed by atoms with Crippen LogP contribution in [-0.4, -0.2) is 48.4 Å². The third-order valence-electron chi connectivity index (χ3n) is 3.66. The highest BCUT2D eigenvalue weighted by atomic mass is 16.3. The molecule has 1 aromatic heterocycles. The number of rotatable bonds is 6. The van der Waals surface area contributed by atoms with Gasteiger partial charge in [-0.05, 0) is 25.7 Å². The molecule has 100 valence electrons. The van der Waals surface area contributed by atoms with Crippen molar-refractivity contribution in [1.29, 1.82) is 0 Å². The second kappa shape index (κ2) is 6.00. The second-order valence-corrected chi connectivity index (χ2v) is 4.93. The van der Waals surface area contributed by atoms with Gasteiger partial charge in [0.05, 0.1) is 0 Å². The van der Waals surface area contributed by atoms with Gasteiger partial charge >= 0.3 is 0 Å². The zero-order valence-corrected chi connectivity index (χ0v) is 11.2. The first kappa shape index (κ1) is 13.1. The predicted octanol–water partition coefficient (Wildman–Crippen LogP) is 1.28. The molecule has 0 spiro atoms. The molecule has 1 aromatic rings. The SMILES string of the molecule is CN(CCCO)c1cc(N(C)C2CCC2)ncn1. The number of anilines is 2. The first-order valence-corrected chi connectivity index (χ1v) is 6.59. The van der Waals surface area contributed by atoms with E-state index in [1.165, 1.54) is 19.3 Å². The minimum Gasteiger partial charge on any atom is -0.396 e. The van der Waals surface area contributed by atoms with Crippen LogP contribution < -0.4 is 9.80 Å². The number of aliphatic hydroxyl groups excluding tert-OH is 1. The zero-order chi connectivity index (χ0) is 13.0. The summed E-state index contributed by atoms with van der Waals surface area (Å²) in [6.45, 7) is 1.02. The fourth-order valence-corrected chi connectivity index (χ4v) is 2.12. The Balaban J connectivity index is 2.04. The lowest BCUT2D eigenvalue weighted by Crippen LogP contribution is -2.37. The van der Waals surface area contributed by atoms with Gasteiger partial charge in [-0.1, -0.05) is 0 Å². The molecule has 1 fully saturated rings. The Morgan fingerprint density at radius 2 is 2.00 bits per heavy atom. The Hall–Kier alpha value is -1.36. The summed E-state index contributed by atoms with van der Waals surface area (Å²) < 4.78 is 0. The molecule has 1 aliphatic carbocycles. The van der Waals surface area contributed by atoms with Crippen LogP contribution in [0.3, 0.4) is 0 Å². The van der Waals surface area contributed by atoms with Crippen LogP contribution in [0, 0.1) is 0 Å². The number of hydrogen-bond donors (Lipinski definition) is 1. The van der Waals surface area contributed by atoms with Crippen LogP contribution in [-0.2, 0) is 0 Å². The standard InChI is InChI=1S/C13H22N4O/c1-16(7-4-8-18)12-9-13(15-10-14-12)17(2)11-5-3-6-11/h9-11,18H,3-8H2,1-2H3. The molecule has 1 saturated carbocycles. The van der Waals surface area contributed by atoms with Crippen molar-refractivity contribution >= 4 is 11.6 Å². The Morgan fingerprint density at radius 1 is 1.28 bits per heavy atom. The van der Waals surface area contributed by atoms with Gasteiger partial charge in [0.15, 0.2) is 0 Å². The summed E-state index contributed by atoms with van der Waals surface area (Å²) in [6, 6.07) is 2.66. The highest BCUT2D eigenvalue weighted by Crippen LogP contribution is 2.27. The molecule has 0 radical (unpaired) electrons. The molecule has 18 heavy (non-hydrogen) atoms. The predicted molar refractivity (Wildman–Crippen MR) is 73.0 cm³/mol. The van der Waals surface area contributed by atoms with Crippen molar-refractivity contribution in [2.75, 3.05) is 37.0 Å². The Bertz CT molecular complexity index is 381. The van der Waals surface area contributed by atoms with E-state index in [-0.39, 0.29) is 6.61 Å². The van der Waals surface area contributed by atoms with E-state index in [4.69, 9.17) is 5.11 Å². The molecule has 1 N–H and O–H groups in total. The van der Waals surface area contributed by atoms with Crippen LogP contribution in [0.1, 0.15) is 25.7 Å². The van der Waals surface area contributed by atoms with Gasteiger partial charge in [0.25, 0.3) is 0 Å². The number of aliphatic hydroxyl groups is 1. The third-order valence-corrected chi connectivity index (χ3v) is 3.66. The summed E-state index contributed by atoms with van der Waals surface area (Å²) in [5, 5.41) is 8.85. The molecule has 0 aliphatic heterocycles. The molecular formula is C13H22N4O. The van der Waals surface area contributed by atoms with Crippen LogP contribution in [0.25, 0.3) is 0 Å². The Morgan fingerprint density at radius 3 is 2.61 bits per heavy atom. The summed E-state index contributed by atoms with van der Waals surface area (Å²) in [5.74, 6) is 1.90. The first-order valence-electron chi connectivity index (χ1n) is 6.59. The molecule has 0 atom stereocenters. The fourth-order valence-electron chi connectivity index (χ4n) is 2.12. The first-order chi connectivity index (χ1) is 8.72. The summed E-state index contributed by atoms with van der Waals surface area (Å²) in [5.41, 5.74) is 0. The Kier molecular flexibility index (Phi) is 4.36. The van der Waals surface area contributed by atoms with Gasteiger partial charge in [-0.15, -0.1) is 0 Å². The lowest BCUT2D eigenvalue weighted by molar-refractivity contribution is 0.290. The molecule has 1 aliphatic rings. The molecule has 0 saturated heterocycles. The number of aromatic nitrogens is 2. The molecule has 1 heterocycles. The van der Waals surface area contributed by atoms with Gasteiger partial charge in [-0.25, -0.2) is 9.97 Å². The average molecular weight is 250 g/mol. The summed E-state index contributed by atoms with van der Waals surface area (Å²) in [7, 11) is 4.09. The van der Waals surface area contributed by atoms with Gasteiger partial charge in [0.1, 0.15) is 18.0 Å². The van der Waals surface area contributed by atoms with E-state index >= 15 is 0 Å². The van der Waals surface area contributed by atoms with Crippen LogP contribution in [0.5, 0.6) is 0 Å². The molecule has 0 unspecified atom stereocenters. The lowest BCUT2D eigenvalue weighted by Gasteiger charge is -2.35. The van der Waals surface area contributed by atoms with E-state index in [1.54, 1.807) is 6.33 Å². The molecule has 2 rings (SSSR count). The van der Waals surface area contributed by atoms with E-state index in [2.05, 4.69) is 26.8 Å². The van der Waals surface area contributed by atoms with E-state index in [9.17, 15) is 0 Å². The smallest absolute Gasteiger partial charge is 0.134 e.